The number of hydrogen-bond donors (Lipinski definition) is 1. The number of unbranched alkanes of at least 4 members (excludes halogenated alkanes) is 3. The van der Waals surface area contributed by atoms with Crippen molar-refractivity contribution in [2.75, 3.05) is 19.8 Å². The fourth-order valence-corrected chi connectivity index (χ4v) is 3.37. The quantitative estimate of drug-likeness (QED) is 0.0753. The number of hydrogen-bond acceptors (Lipinski definition) is 4. The zero-order valence-electron chi connectivity index (χ0n) is 21.4. The van der Waals surface area contributed by atoms with Gasteiger partial charge in [-0.25, -0.2) is 0 Å². The Hall–Kier alpha value is -1.46. The van der Waals surface area contributed by atoms with E-state index in [1.807, 2.05) is 18.2 Å². The molecule has 8 heteroatoms. The van der Waals surface area contributed by atoms with Crippen molar-refractivity contribution in [2.24, 2.45) is 5.41 Å². The van der Waals surface area contributed by atoms with E-state index in [0.717, 1.165) is 19.3 Å². The summed E-state index contributed by atoms with van der Waals surface area (Å²) in [5.74, 6) is -0.877. The first-order valence-corrected chi connectivity index (χ1v) is 11.9. The predicted molar refractivity (Wildman–Crippen MR) is 130 cm³/mol. The molecular formula is C28H40FeO7. The molecule has 202 valence electrons. The maximum atomic E-state index is 10.1. The van der Waals surface area contributed by atoms with E-state index in [-0.39, 0.29) is 22.5 Å². The summed E-state index contributed by atoms with van der Waals surface area (Å²) >= 11 is 0. The van der Waals surface area contributed by atoms with Crippen molar-refractivity contribution in [1.82, 2.24) is 0 Å². The van der Waals surface area contributed by atoms with Crippen molar-refractivity contribution in [3.05, 3.63) is 68.6 Å². The first-order chi connectivity index (χ1) is 17.1. The van der Waals surface area contributed by atoms with Gasteiger partial charge in [-0.3, -0.25) is 0 Å². The van der Waals surface area contributed by atoms with Gasteiger partial charge in [0.2, 0.25) is 0 Å². The first kappa shape index (κ1) is 39.1. The van der Waals surface area contributed by atoms with Gasteiger partial charge in [0.05, 0.1) is 25.9 Å². The van der Waals surface area contributed by atoms with E-state index in [0.29, 0.717) is 32.7 Å². The maximum Gasteiger partial charge on any atom is 0 e. The van der Waals surface area contributed by atoms with Crippen LogP contribution in [0.2, 0.25) is 0 Å². The number of aliphatic hydroxyl groups is 1. The average molecular weight is 544 g/mol. The molecule has 0 saturated carbocycles. The van der Waals surface area contributed by atoms with Crippen LogP contribution in [-0.2, 0) is 45.2 Å². The van der Waals surface area contributed by atoms with Gasteiger partial charge in [0, 0.05) is 28.9 Å². The predicted octanol–water partition coefficient (Wildman–Crippen LogP) is 5.72. The Kier molecular flexibility index (Phi) is 28.9. The molecule has 0 aliphatic carbocycles. The summed E-state index contributed by atoms with van der Waals surface area (Å²) in [4.78, 5) is 0. The Morgan fingerprint density at radius 3 is 1.89 bits per heavy atom. The van der Waals surface area contributed by atoms with Crippen molar-refractivity contribution in [3.63, 3.8) is 0 Å². The van der Waals surface area contributed by atoms with Crippen LogP contribution in [-0.4, -0.2) is 37.0 Å². The van der Waals surface area contributed by atoms with Crippen molar-refractivity contribution in [2.45, 2.75) is 83.7 Å². The van der Waals surface area contributed by atoms with Gasteiger partial charge < -0.3 is 19.3 Å². The summed E-state index contributed by atoms with van der Waals surface area (Å²) in [5, 5.41) is 10.1. The summed E-state index contributed by atoms with van der Waals surface area (Å²) in [6.07, 6.45) is 25.4. The van der Waals surface area contributed by atoms with E-state index in [9.17, 15) is 5.11 Å². The fraction of sp³-hybridized carbons (Fsp3) is 0.607. The third kappa shape index (κ3) is 18.8. The van der Waals surface area contributed by atoms with Crippen LogP contribution >= 0.6 is 0 Å². The zero-order valence-corrected chi connectivity index (χ0v) is 22.5. The van der Waals surface area contributed by atoms with Crippen LogP contribution in [0.4, 0.5) is 0 Å². The van der Waals surface area contributed by atoms with E-state index < -0.39 is 12.1 Å². The SMILES string of the molecule is CCCCC/C=C\C/C=C\C/C=C\C=C\[C@H](O)CCCC12OCC(C)(CO1)CO2.[C-]#[O+].[C-]#[O+].[C-]#[O+].[Fe]. The van der Waals surface area contributed by atoms with Gasteiger partial charge in [-0.2, -0.15) is 0 Å². The minimum atomic E-state index is -0.877. The number of rotatable bonds is 14. The zero-order chi connectivity index (χ0) is 26.8. The third-order valence-corrected chi connectivity index (χ3v) is 5.34. The molecule has 7 nitrogen and oxygen atoms in total. The molecule has 3 fully saturated rings. The summed E-state index contributed by atoms with van der Waals surface area (Å²) in [7, 11) is 0. The maximum absolute atomic E-state index is 10.1. The second-order valence-corrected chi connectivity index (χ2v) is 8.54. The van der Waals surface area contributed by atoms with E-state index in [2.05, 4.69) is 64.2 Å². The molecule has 3 aliphatic heterocycles. The van der Waals surface area contributed by atoms with Gasteiger partial charge in [0.1, 0.15) is 0 Å². The molecule has 0 amide bonds. The van der Waals surface area contributed by atoms with E-state index >= 15 is 0 Å². The monoisotopic (exact) mass is 544 g/mol. The van der Waals surface area contributed by atoms with E-state index in [4.69, 9.17) is 28.2 Å². The van der Waals surface area contributed by atoms with E-state index in [1.165, 1.54) is 25.7 Å². The smallest absolute Gasteiger partial charge is 0 e. The molecule has 1 N–H and O–H groups in total. The number of fused-ring (bicyclic) bond motifs is 3. The number of ether oxygens (including phenoxy) is 3. The minimum absolute atomic E-state index is 0. The molecule has 2 bridgehead atoms. The Labute approximate surface area is 227 Å². The molecule has 0 aromatic heterocycles. The Balaban J connectivity index is -0.00000144. The largest absolute Gasteiger partial charge is 0 e. The number of allylic oxidation sites excluding steroid dienone is 7. The summed E-state index contributed by atoms with van der Waals surface area (Å²) in [6, 6.07) is 0. The Bertz CT molecular complexity index is 653. The fourth-order valence-electron chi connectivity index (χ4n) is 3.37. The second kappa shape index (κ2) is 26.6. The van der Waals surface area contributed by atoms with Gasteiger partial charge in [-0.05, 0) is 38.5 Å². The molecule has 36 heavy (non-hydrogen) atoms. The van der Waals surface area contributed by atoms with E-state index in [1.54, 1.807) is 0 Å². The molecule has 3 saturated heterocycles. The van der Waals surface area contributed by atoms with Crippen molar-refractivity contribution in [3.8, 4) is 0 Å². The molecule has 3 rings (SSSR count). The minimum Gasteiger partial charge on any atom is 0 e. The third-order valence-electron chi connectivity index (χ3n) is 5.34. The average Bonchev–Trinajstić information content (AvgIpc) is 2.91. The van der Waals surface area contributed by atoms with Crippen LogP contribution in [0, 0.1) is 25.4 Å². The molecule has 1 atom stereocenters. The first-order valence-electron chi connectivity index (χ1n) is 11.9. The second-order valence-electron chi connectivity index (χ2n) is 8.54. The molecule has 0 radical (unpaired) electrons. The van der Waals surface area contributed by atoms with Crippen LogP contribution in [0.3, 0.4) is 0 Å². The Morgan fingerprint density at radius 1 is 0.806 bits per heavy atom. The van der Waals surface area contributed by atoms with Crippen LogP contribution in [0.15, 0.2) is 48.6 Å². The topological polar surface area (TPSA) is 108 Å². The molecule has 3 aliphatic rings. The molecular weight excluding hydrogens is 504 g/mol. The Morgan fingerprint density at radius 2 is 1.33 bits per heavy atom. The van der Waals surface area contributed by atoms with Crippen LogP contribution < -0.4 is 0 Å². The van der Waals surface area contributed by atoms with Crippen molar-refractivity contribution < 1.29 is 50.3 Å². The molecule has 3 heterocycles. The summed E-state index contributed by atoms with van der Waals surface area (Å²) in [6.45, 7) is 19.9. The van der Waals surface area contributed by atoms with Gasteiger partial charge in [-0.1, -0.05) is 75.3 Å². The van der Waals surface area contributed by atoms with Crippen LogP contribution in [0.5, 0.6) is 0 Å². The van der Waals surface area contributed by atoms with Crippen LogP contribution in [0.25, 0.3) is 0 Å². The molecule has 0 unspecified atom stereocenters. The van der Waals surface area contributed by atoms with Crippen molar-refractivity contribution in [1.29, 1.82) is 0 Å². The standard InChI is InChI=1S/C25H40O4.3CO.Fe/c1-3-4-5-6-7-8-9-10-11-12-13-14-15-17-23(26)18-16-19-25-27-20-24(2,21-28-25)22-29-25;3*1-2;/h7-8,10-11,13-15,17,23,26H,3-6,9,12,16,18-22H2,1-2H3;;;;/b8-7-,11-10-,14-13-,17-15+;;;;/t23-,24?,25?;;;;/m0..../s1. The number of aliphatic hydroxyl groups excluding tert-OH is 1. The molecule has 0 aromatic carbocycles. The van der Waals surface area contributed by atoms with Gasteiger partial charge >= 0.3 is 33.9 Å². The summed E-state index contributed by atoms with van der Waals surface area (Å²) < 4.78 is 39.8. The van der Waals surface area contributed by atoms with Gasteiger partial charge in [0.25, 0.3) is 5.97 Å². The van der Waals surface area contributed by atoms with Crippen molar-refractivity contribution >= 4 is 0 Å². The van der Waals surface area contributed by atoms with Gasteiger partial charge in [-0.15, -0.1) is 0 Å². The summed E-state index contributed by atoms with van der Waals surface area (Å²) in [5.41, 5.74) is -0.00350. The van der Waals surface area contributed by atoms with Gasteiger partial charge in [0.15, 0.2) is 0 Å². The molecule has 0 spiro atoms. The molecule has 0 aromatic rings. The normalized spacial score (nSPS) is 23.1. The van der Waals surface area contributed by atoms with Crippen LogP contribution in [0.1, 0.15) is 71.6 Å².